The molecule has 0 nitrogen and oxygen atoms in total. The van der Waals surface area contributed by atoms with Crippen molar-refractivity contribution >= 4 is 55.4 Å². The van der Waals surface area contributed by atoms with Crippen molar-refractivity contribution in [3.8, 4) is 0 Å². The van der Waals surface area contributed by atoms with Crippen molar-refractivity contribution in [1.29, 1.82) is 0 Å². The molecular weight excluding hydrogens is 680 g/mol. The molecule has 42 heavy (non-hydrogen) atoms. The Bertz CT molecular complexity index is 676. The van der Waals surface area contributed by atoms with Crippen LogP contribution in [0.2, 0.25) is 0 Å². The maximum absolute atomic E-state index is 3.98. The summed E-state index contributed by atoms with van der Waals surface area (Å²) in [6, 6.07) is 4.81. The van der Waals surface area contributed by atoms with Gasteiger partial charge in [-0.15, -0.1) is 23.5 Å². The minimum Gasteiger partial charge on any atom is -0.125 e. The van der Waals surface area contributed by atoms with E-state index in [0.717, 1.165) is 11.8 Å². The van der Waals surface area contributed by atoms with Crippen LogP contribution in [-0.4, -0.2) is 11.5 Å². The molecule has 4 heteroatoms. The van der Waals surface area contributed by atoms with Crippen molar-refractivity contribution in [2.24, 2.45) is 11.8 Å². The number of halogens is 2. The quantitative estimate of drug-likeness (QED) is 0.0568. The van der Waals surface area contributed by atoms with Crippen LogP contribution in [0.5, 0.6) is 0 Å². The highest BCUT2D eigenvalue weighted by Crippen LogP contribution is 2.40. The summed E-state index contributed by atoms with van der Waals surface area (Å²) in [6.07, 6.45) is 33.7. The summed E-state index contributed by atoms with van der Waals surface area (Å²) >= 11 is 12.1. The molecule has 0 fully saturated rings. The average molecular weight is 749 g/mol. The summed E-state index contributed by atoms with van der Waals surface area (Å²) in [5.74, 6) is 4.23. The third-order valence-corrected chi connectivity index (χ3v) is 13.2. The minimum absolute atomic E-state index is 0.855. The van der Waals surface area contributed by atoms with E-state index < -0.39 is 0 Å². The van der Waals surface area contributed by atoms with Crippen LogP contribution >= 0.6 is 55.4 Å². The van der Waals surface area contributed by atoms with Gasteiger partial charge < -0.3 is 0 Å². The Labute approximate surface area is 289 Å². The number of rotatable bonds is 30. The Hall–Kier alpha value is 0.880. The molecule has 0 aliphatic rings. The standard InChI is InChI=1S/C38H68Br2S2/c1-5-9-13-17-19-23-27-33(25-21-15-11-7-3)31-41-37-29-36(40)38(30-35(37)39)42-32-34(26-22-16-12-8-4)28-24-20-18-14-10-6-2/h29-30,33-34H,5-28,31-32H2,1-4H3. The lowest BCUT2D eigenvalue weighted by molar-refractivity contribution is 0.440. The van der Waals surface area contributed by atoms with E-state index in [1.165, 1.54) is 184 Å². The van der Waals surface area contributed by atoms with E-state index in [9.17, 15) is 0 Å². The molecule has 1 aromatic carbocycles. The Morgan fingerprint density at radius 3 is 1.00 bits per heavy atom. The van der Waals surface area contributed by atoms with Gasteiger partial charge in [-0.2, -0.15) is 0 Å². The van der Waals surface area contributed by atoms with E-state index >= 15 is 0 Å². The molecular formula is C38H68Br2S2. The van der Waals surface area contributed by atoms with Crippen LogP contribution in [0, 0.1) is 11.8 Å². The maximum atomic E-state index is 3.98. The van der Waals surface area contributed by atoms with Crippen LogP contribution in [0.15, 0.2) is 30.9 Å². The summed E-state index contributed by atoms with van der Waals surface area (Å²) in [4.78, 5) is 2.83. The molecule has 0 saturated heterocycles. The highest BCUT2D eigenvalue weighted by molar-refractivity contribution is 9.11. The van der Waals surface area contributed by atoms with E-state index in [4.69, 9.17) is 0 Å². The van der Waals surface area contributed by atoms with Crippen molar-refractivity contribution < 1.29 is 0 Å². The molecule has 1 aromatic rings. The number of unbranched alkanes of at least 4 members (excludes halogenated alkanes) is 16. The second-order valence-electron chi connectivity index (χ2n) is 12.9. The summed E-state index contributed by atoms with van der Waals surface area (Å²) in [5.41, 5.74) is 0. The van der Waals surface area contributed by atoms with Gasteiger partial charge in [0.25, 0.3) is 0 Å². The molecule has 2 atom stereocenters. The predicted molar refractivity (Wildman–Crippen MR) is 204 cm³/mol. The number of thioether (sulfide) groups is 2. The van der Waals surface area contributed by atoms with Crippen LogP contribution in [0.1, 0.15) is 182 Å². The molecule has 0 aromatic heterocycles. The second kappa shape index (κ2) is 29.3. The fourth-order valence-electron chi connectivity index (χ4n) is 5.92. The zero-order valence-electron chi connectivity index (χ0n) is 28.3. The molecule has 0 amide bonds. The van der Waals surface area contributed by atoms with Gasteiger partial charge in [0.15, 0.2) is 0 Å². The Kier molecular flexibility index (Phi) is 28.5. The first kappa shape index (κ1) is 40.9. The molecule has 0 radical (unpaired) electrons. The van der Waals surface area contributed by atoms with Gasteiger partial charge in [-0.3, -0.25) is 0 Å². The van der Waals surface area contributed by atoms with E-state index in [1.807, 2.05) is 0 Å². The first-order chi connectivity index (χ1) is 20.5. The van der Waals surface area contributed by atoms with Crippen LogP contribution in [0.3, 0.4) is 0 Å². The Balaban J connectivity index is 2.66. The number of hydrogen-bond acceptors (Lipinski definition) is 2. The summed E-state index contributed by atoms with van der Waals surface area (Å²) in [6.45, 7) is 9.28. The van der Waals surface area contributed by atoms with Crippen LogP contribution in [0.25, 0.3) is 0 Å². The van der Waals surface area contributed by atoms with Gasteiger partial charge in [0.05, 0.1) is 0 Å². The average Bonchev–Trinajstić information content (AvgIpc) is 2.99. The lowest BCUT2D eigenvalue weighted by Gasteiger charge is -2.19. The molecule has 0 aliphatic carbocycles. The lowest BCUT2D eigenvalue weighted by atomic mass is 9.96. The van der Waals surface area contributed by atoms with Gasteiger partial charge in [0, 0.05) is 30.2 Å². The Morgan fingerprint density at radius 1 is 0.429 bits per heavy atom. The zero-order valence-corrected chi connectivity index (χ0v) is 33.1. The van der Waals surface area contributed by atoms with E-state index in [2.05, 4.69) is 95.2 Å². The summed E-state index contributed by atoms with van der Waals surface area (Å²) in [7, 11) is 0. The smallest absolute Gasteiger partial charge is 0.0323 e. The monoisotopic (exact) mass is 746 g/mol. The van der Waals surface area contributed by atoms with E-state index in [-0.39, 0.29) is 0 Å². The van der Waals surface area contributed by atoms with Gasteiger partial charge in [-0.05, 0) is 81.5 Å². The summed E-state index contributed by atoms with van der Waals surface area (Å²) in [5, 5.41) is 0. The van der Waals surface area contributed by atoms with E-state index in [1.54, 1.807) is 0 Å². The fourth-order valence-corrected chi connectivity index (χ4v) is 9.88. The maximum Gasteiger partial charge on any atom is 0.0323 e. The molecule has 0 N–H and O–H groups in total. The lowest BCUT2D eigenvalue weighted by Crippen LogP contribution is -2.05. The van der Waals surface area contributed by atoms with Crippen LogP contribution < -0.4 is 0 Å². The highest BCUT2D eigenvalue weighted by atomic mass is 79.9. The molecule has 0 heterocycles. The van der Waals surface area contributed by atoms with E-state index in [0.29, 0.717) is 0 Å². The molecule has 246 valence electrons. The molecule has 0 bridgehead atoms. The van der Waals surface area contributed by atoms with Crippen molar-refractivity contribution in [3.05, 3.63) is 21.1 Å². The van der Waals surface area contributed by atoms with Crippen molar-refractivity contribution in [3.63, 3.8) is 0 Å². The van der Waals surface area contributed by atoms with Gasteiger partial charge in [0.2, 0.25) is 0 Å². The fraction of sp³-hybridized carbons (Fsp3) is 0.842. The minimum atomic E-state index is 0.855. The normalized spacial score (nSPS) is 13.1. The first-order valence-electron chi connectivity index (χ1n) is 18.3. The molecule has 0 aliphatic heterocycles. The van der Waals surface area contributed by atoms with Crippen LogP contribution in [-0.2, 0) is 0 Å². The summed E-state index contributed by atoms with van der Waals surface area (Å²) < 4.78 is 2.58. The third-order valence-electron chi connectivity index (χ3n) is 8.80. The number of benzene rings is 1. The van der Waals surface area contributed by atoms with Gasteiger partial charge in [-0.1, -0.05) is 156 Å². The van der Waals surface area contributed by atoms with Crippen molar-refractivity contribution in [2.75, 3.05) is 11.5 Å². The first-order valence-corrected chi connectivity index (χ1v) is 21.9. The molecule has 1 rings (SSSR count). The number of hydrogen-bond donors (Lipinski definition) is 0. The van der Waals surface area contributed by atoms with Crippen molar-refractivity contribution in [1.82, 2.24) is 0 Å². The largest absolute Gasteiger partial charge is 0.125 e. The molecule has 0 saturated carbocycles. The Morgan fingerprint density at radius 2 is 0.690 bits per heavy atom. The highest BCUT2D eigenvalue weighted by Gasteiger charge is 2.15. The topological polar surface area (TPSA) is 0 Å². The predicted octanol–water partition coefficient (Wildman–Crippen LogP) is 16.1. The SMILES string of the molecule is CCCCCCCCC(CCCCCC)CSc1cc(Br)c(SCC(CCCCCC)CCCCCCCC)cc1Br. The molecule has 2 unspecified atom stereocenters. The van der Waals surface area contributed by atoms with Gasteiger partial charge in [0.1, 0.15) is 0 Å². The van der Waals surface area contributed by atoms with Gasteiger partial charge >= 0.3 is 0 Å². The third kappa shape index (κ3) is 21.6. The van der Waals surface area contributed by atoms with Gasteiger partial charge in [-0.25, -0.2) is 0 Å². The second-order valence-corrected chi connectivity index (χ2v) is 16.7. The van der Waals surface area contributed by atoms with Crippen LogP contribution in [0.4, 0.5) is 0 Å². The zero-order chi connectivity index (χ0) is 30.7. The molecule has 0 spiro atoms. The van der Waals surface area contributed by atoms with Crippen molar-refractivity contribution in [2.45, 2.75) is 192 Å².